The third-order valence-corrected chi connectivity index (χ3v) is 4.73. The predicted molar refractivity (Wildman–Crippen MR) is 88.8 cm³/mol. The van der Waals surface area contributed by atoms with E-state index in [2.05, 4.69) is 4.74 Å². The average Bonchev–Trinajstić information content (AvgIpc) is 2.64. The fourth-order valence-corrected chi connectivity index (χ4v) is 3.48. The first-order valence-corrected chi connectivity index (χ1v) is 7.92. The number of phenols is 1. The summed E-state index contributed by atoms with van der Waals surface area (Å²) in [4.78, 5) is 37.6. The molecule has 2 atom stereocenters. The Labute approximate surface area is 147 Å². The van der Waals surface area contributed by atoms with E-state index in [0.717, 1.165) is 7.11 Å². The van der Waals surface area contributed by atoms with Crippen molar-refractivity contribution in [1.82, 2.24) is 0 Å². The number of Topliss-reactive ketones (excluding diaryl/α,β-unsaturated/α-hetero) is 2. The van der Waals surface area contributed by atoms with Gasteiger partial charge in [0, 0.05) is 22.9 Å². The van der Waals surface area contributed by atoms with Crippen molar-refractivity contribution in [3.8, 4) is 5.75 Å². The summed E-state index contributed by atoms with van der Waals surface area (Å²) in [5, 5.41) is 21.8. The molecule has 0 bridgehead atoms. The van der Waals surface area contributed by atoms with Crippen LogP contribution in [0.3, 0.4) is 0 Å². The molecule has 0 amide bonds. The number of rotatable bonds is 1. The monoisotopic (exact) mass is 354 g/mol. The van der Waals surface area contributed by atoms with Crippen LogP contribution >= 0.6 is 0 Å². The standard InChI is InChI=1S/C19H14O7/c1-25-18(23)12-7-11-14(19(24)26-12)17(22)10-6-8-4-2-3-5-9(8)15(20)13(10)16(11)21/h2-6,12,19-20,24H,7H2,1H3/t12-,19-/m1/s1. The molecule has 1 aliphatic heterocycles. The van der Waals surface area contributed by atoms with E-state index < -0.39 is 29.9 Å². The van der Waals surface area contributed by atoms with Gasteiger partial charge in [-0.25, -0.2) is 4.79 Å². The molecule has 2 aliphatic rings. The molecule has 132 valence electrons. The van der Waals surface area contributed by atoms with Gasteiger partial charge < -0.3 is 19.7 Å². The quantitative estimate of drug-likeness (QED) is 0.747. The summed E-state index contributed by atoms with van der Waals surface area (Å²) in [5.74, 6) is -2.26. The Bertz CT molecular complexity index is 1020. The van der Waals surface area contributed by atoms with Crippen LogP contribution in [0.1, 0.15) is 27.1 Å². The minimum atomic E-state index is -1.72. The Morgan fingerprint density at radius 3 is 2.69 bits per heavy atom. The number of benzene rings is 2. The number of ether oxygens (including phenoxy) is 2. The molecule has 4 rings (SSSR count). The molecule has 2 N–H and O–H groups in total. The highest BCUT2D eigenvalue weighted by Gasteiger charge is 2.44. The SMILES string of the molecule is COC(=O)[C@H]1CC2=C(C(=O)c3cc4ccccc4c(O)c3C2=O)[C@H](O)O1. The molecule has 0 saturated carbocycles. The van der Waals surface area contributed by atoms with E-state index in [1.807, 2.05) is 0 Å². The minimum absolute atomic E-state index is 0.00381. The van der Waals surface area contributed by atoms with Gasteiger partial charge in [0.15, 0.2) is 24.0 Å². The van der Waals surface area contributed by atoms with Crippen molar-refractivity contribution in [3.05, 3.63) is 52.6 Å². The van der Waals surface area contributed by atoms with Crippen molar-refractivity contribution in [2.45, 2.75) is 18.8 Å². The molecule has 0 aromatic heterocycles. The zero-order valence-corrected chi connectivity index (χ0v) is 13.7. The Balaban J connectivity index is 1.92. The number of aliphatic hydroxyl groups is 1. The van der Waals surface area contributed by atoms with Crippen LogP contribution in [0.5, 0.6) is 5.75 Å². The highest BCUT2D eigenvalue weighted by atomic mass is 16.6. The van der Waals surface area contributed by atoms with E-state index in [1.54, 1.807) is 24.3 Å². The number of esters is 1. The molecule has 0 unspecified atom stereocenters. The van der Waals surface area contributed by atoms with Crippen LogP contribution in [0.2, 0.25) is 0 Å². The van der Waals surface area contributed by atoms with Crippen molar-refractivity contribution >= 4 is 28.3 Å². The molecule has 0 fully saturated rings. The van der Waals surface area contributed by atoms with Gasteiger partial charge in [0.25, 0.3) is 0 Å². The summed E-state index contributed by atoms with van der Waals surface area (Å²) in [6.07, 6.45) is -3.13. The van der Waals surface area contributed by atoms with Gasteiger partial charge in [-0.15, -0.1) is 0 Å². The topological polar surface area (TPSA) is 110 Å². The first-order valence-electron chi connectivity index (χ1n) is 7.92. The number of methoxy groups -OCH3 is 1. The number of hydrogen-bond donors (Lipinski definition) is 2. The molecule has 7 nitrogen and oxygen atoms in total. The Hall–Kier alpha value is -3.03. The van der Waals surface area contributed by atoms with Crippen LogP contribution < -0.4 is 0 Å². The molecule has 1 heterocycles. The number of phenolic OH excluding ortho intramolecular Hbond substituents is 1. The average molecular weight is 354 g/mol. The maximum absolute atomic E-state index is 13.0. The van der Waals surface area contributed by atoms with Crippen molar-refractivity contribution in [2.75, 3.05) is 7.11 Å². The lowest BCUT2D eigenvalue weighted by Gasteiger charge is -2.32. The van der Waals surface area contributed by atoms with Crippen molar-refractivity contribution in [2.24, 2.45) is 0 Å². The zero-order valence-electron chi connectivity index (χ0n) is 13.7. The number of hydrogen-bond acceptors (Lipinski definition) is 7. The normalized spacial score (nSPS) is 22.2. The van der Waals surface area contributed by atoms with E-state index in [-0.39, 0.29) is 34.4 Å². The van der Waals surface area contributed by atoms with Gasteiger partial charge >= 0.3 is 5.97 Å². The number of carbonyl (C=O) groups excluding carboxylic acids is 3. The van der Waals surface area contributed by atoms with E-state index in [1.165, 1.54) is 6.07 Å². The summed E-state index contributed by atoms with van der Waals surface area (Å²) >= 11 is 0. The molecule has 7 heteroatoms. The van der Waals surface area contributed by atoms with Crippen LogP contribution in [0.4, 0.5) is 0 Å². The van der Waals surface area contributed by atoms with E-state index in [0.29, 0.717) is 10.8 Å². The summed E-state index contributed by atoms with van der Waals surface area (Å²) in [6, 6.07) is 8.31. The lowest BCUT2D eigenvalue weighted by molar-refractivity contribution is -0.173. The summed E-state index contributed by atoms with van der Waals surface area (Å²) in [6.45, 7) is 0. The molecule has 0 saturated heterocycles. The number of fused-ring (bicyclic) bond motifs is 2. The Morgan fingerprint density at radius 2 is 1.96 bits per heavy atom. The smallest absolute Gasteiger partial charge is 0.335 e. The number of aromatic hydroxyl groups is 1. The fourth-order valence-electron chi connectivity index (χ4n) is 3.48. The van der Waals surface area contributed by atoms with Crippen molar-refractivity contribution in [1.29, 1.82) is 0 Å². The van der Waals surface area contributed by atoms with Crippen molar-refractivity contribution < 1.29 is 34.1 Å². The van der Waals surface area contributed by atoms with E-state index >= 15 is 0 Å². The van der Waals surface area contributed by atoms with Crippen molar-refractivity contribution in [3.63, 3.8) is 0 Å². The highest BCUT2D eigenvalue weighted by Crippen LogP contribution is 2.41. The molecule has 0 spiro atoms. The second-order valence-corrected chi connectivity index (χ2v) is 6.12. The minimum Gasteiger partial charge on any atom is -0.507 e. The molecular formula is C19H14O7. The molecule has 2 aromatic carbocycles. The van der Waals surface area contributed by atoms with Gasteiger partial charge in [-0.3, -0.25) is 9.59 Å². The predicted octanol–water partition coefficient (Wildman–Crippen LogP) is 1.50. The molecule has 1 aliphatic carbocycles. The lowest BCUT2D eigenvalue weighted by atomic mass is 9.79. The van der Waals surface area contributed by atoms with E-state index in [4.69, 9.17) is 4.74 Å². The van der Waals surface area contributed by atoms with Gasteiger partial charge in [-0.05, 0) is 11.5 Å². The van der Waals surface area contributed by atoms with Crippen LogP contribution in [0.15, 0.2) is 41.5 Å². The molecular weight excluding hydrogens is 340 g/mol. The first-order chi connectivity index (χ1) is 12.4. The van der Waals surface area contributed by atoms with Gasteiger partial charge in [0.2, 0.25) is 0 Å². The zero-order chi connectivity index (χ0) is 18.6. The first kappa shape index (κ1) is 16.4. The van der Waals surface area contributed by atoms with Crippen LogP contribution in [0, 0.1) is 0 Å². The number of aliphatic hydroxyl groups excluding tert-OH is 1. The molecule has 2 aromatic rings. The Morgan fingerprint density at radius 1 is 1.23 bits per heavy atom. The second kappa shape index (κ2) is 5.76. The van der Waals surface area contributed by atoms with Crippen LogP contribution in [-0.4, -0.2) is 47.3 Å². The fraction of sp³-hybridized carbons (Fsp3) is 0.211. The van der Waals surface area contributed by atoms with Gasteiger partial charge in [-0.1, -0.05) is 24.3 Å². The molecule has 26 heavy (non-hydrogen) atoms. The van der Waals surface area contributed by atoms with Crippen LogP contribution in [0.25, 0.3) is 10.8 Å². The second-order valence-electron chi connectivity index (χ2n) is 6.12. The summed E-state index contributed by atoms with van der Waals surface area (Å²) < 4.78 is 9.73. The van der Waals surface area contributed by atoms with E-state index in [9.17, 15) is 24.6 Å². The third-order valence-electron chi connectivity index (χ3n) is 4.73. The summed E-state index contributed by atoms with van der Waals surface area (Å²) in [5.41, 5.74) is -0.353. The third kappa shape index (κ3) is 2.18. The summed E-state index contributed by atoms with van der Waals surface area (Å²) in [7, 11) is 1.16. The number of ketones is 2. The molecule has 0 radical (unpaired) electrons. The highest BCUT2D eigenvalue weighted by molar-refractivity contribution is 6.30. The van der Waals surface area contributed by atoms with Gasteiger partial charge in [0.1, 0.15) is 5.75 Å². The van der Waals surface area contributed by atoms with Crippen LogP contribution in [-0.2, 0) is 14.3 Å². The van der Waals surface area contributed by atoms with Gasteiger partial charge in [-0.2, -0.15) is 0 Å². The van der Waals surface area contributed by atoms with Gasteiger partial charge in [0.05, 0.1) is 18.2 Å². The maximum atomic E-state index is 13.0. The maximum Gasteiger partial charge on any atom is 0.335 e. The lowest BCUT2D eigenvalue weighted by Crippen LogP contribution is -2.42. The number of carbonyl (C=O) groups is 3. The largest absolute Gasteiger partial charge is 0.507 e. The Kier molecular flexibility index (Phi) is 3.64.